The fourth-order valence-electron chi connectivity index (χ4n) is 4.28. The van der Waals surface area contributed by atoms with Crippen molar-refractivity contribution in [2.45, 2.75) is 0 Å². The van der Waals surface area contributed by atoms with Crippen molar-refractivity contribution < 1.29 is 19.2 Å². The van der Waals surface area contributed by atoms with E-state index in [2.05, 4.69) is 9.88 Å². The molecule has 0 bridgehead atoms. The molecule has 2 aromatic carbocycles. The number of rotatable bonds is 6. The van der Waals surface area contributed by atoms with Gasteiger partial charge in [-0.05, 0) is 48.6 Å². The van der Waals surface area contributed by atoms with Crippen LogP contribution in [-0.2, 0) is 4.74 Å². The molecule has 1 aliphatic rings. The smallest absolute Gasteiger partial charge is 0.282 e. The number of hydrogen-bond acceptors (Lipinski definition) is 7. The largest absolute Gasteiger partial charge is 0.378 e. The van der Waals surface area contributed by atoms with Crippen molar-refractivity contribution >= 4 is 40.0 Å². The van der Waals surface area contributed by atoms with Crippen molar-refractivity contribution in [2.24, 2.45) is 0 Å². The van der Waals surface area contributed by atoms with Crippen LogP contribution in [0.1, 0.15) is 26.3 Å². The maximum Gasteiger partial charge on any atom is 0.282 e. The highest BCUT2D eigenvalue weighted by atomic mass is 16.6. The number of nitrogens with zero attached hydrogens (tertiary/aromatic N) is 4. The summed E-state index contributed by atoms with van der Waals surface area (Å²) in [5, 5.41) is 12.3. The molecule has 5 rings (SSSR count). The summed E-state index contributed by atoms with van der Waals surface area (Å²) in [6.07, 6.45) is 7.79. The Bertz CT molecular complexity index is 1490. The van der Waals surface area contributed by atoms with Crippen LogP contribution in [0.15, 0.2) is 79.3 Å². The van der Waals surface area contributed by atoms with E-state index >= 15 is 0 Å². The number of ether oxygens (including phenoxy) is 1. The maximum absolute atomic E-state index is 13.5. The Kier molecular flexibility index (Phi) is 6.38. The van der Waals surface area contributed by atoms with Crippen LogP contribution < -0.4 is 4.90 Å². The highest BCUT2D eigenvalue weighted by Crippen LogP contribution is 2.30. The second-order valence-corrected chi connectivity index (χ2v) is 8.27. The summed E-state index contributed by atoms with van der Waals surface area (Å²) in [7, 11) is 0. The van der Waals surface area contributed by atoms with Crippen molar-refractivity contribution in [3.8, 4) is 0 Å². The lowest BCUT2D eigenvalue weighted by Crippen LogP contribution is -2.36. The third-order valence-electron chi connectivity index (χ3n) is 6.11. The van der Waals surface area contributed by atoms with Crippen molar-refractivity contribution in [1.29, 1.82) is 0 Å². The topological polar surface area (TPSA) is 108 Å². The summed E-state index contributed by atoms with van der Waals surface area (Å²) in [4.78, 5) is 43.3. The highest BCUT2D eigenvalue weighted by Gasteiger charge is 2.23. The number of nitro groups is 1. The number of hydrogen-bond donors (Lipinski definition) is 0. The molecule has 1 aliphatic heterocycles. The number of ketones is 1. The number of morpholine rings is 1. The van der Waals surface area contributed by atoms with Crippen LogP contribution in [0.25, 0.3) is 17.0 Å². The number of anilines is 1. The van der Waals surface area contributed by atoms with Gasteiger partial charge in [-0.15, -0.1) is 0 Å². The standard InChI is InChI=1S/C27H22N4O5/c32-26(19-4-3-11-28-17-19)10-7-20-18-30(27(33)22-5-1-2-6-25(22)31(34)35)24-9-8-21(16-23(20)24)29-12-14-36-15-13-29/h1-11,16-18H,12-15H2/b10-7+. The maximum atomic E-state index is 13.5. The normalized spacial score (nSPS) is 13.8. The molecule has 0 N–H and O–H groups in total. The van der Waals surface area contributed by atoms with Gasteiger partial charge in [-0.3, -0.25) is 29.3 Å². The van der Waals surface area contributed by atoms with Crippen LogP contribution in [0.4, 0.5) is 11.4 Å². The predicted molar refractivity (Wildman–Crippen MR) is 135 cm³/mol. The minimum atomic E-state index is -0.567. The average Bonchev–Trinajstić information content (AvgIpc) is 3.30. The number of allylic oxidation sites excluding steroid dienone is 1. The molecular weight excluding hydrogens is 460 g/mol. The van der Waals surface area contributed by atoms with E-state index in [0.717, 1.165) is 24.2 Å². The summed E-state index contributed by atoms with van der Waals surface area (Å²) in [6, 6.07) is 14.9. The molecule has 1 saturated heterocycles. The summed E-state index contributed by atoms with van der Waals surface area (Å²) in [6.45, 7) is 2.74. The first kappa shape index (κ1) is 23.1. The number of carbonyl (C=O) groups is 2. The number of benzene rings is 2. The minimum absolute atomic E-state index is 0.0152. The predicted octanol–water partition coefficient (Wildman–Crippen LogP) is 4.37. The zero-order valence-electron chi connectivity index (χ0n) is 19.2. The van der Waals surface area contributed by atoms with Gasteiger partial charge in [-0.1, -0.05) is 12.1 Å². The van der Waals surface area contributed by atoms with E-state index in [4.69, 9.17) is 4.74 Å². The Morgan fingerprint density at radius 3 is 2.61 bits per heavy atom. The minimum Gasteiger partial charge on any atom is -0.378 e. The highest BCUT2D eigenvalue weighted by molar-refractivity contribution is 6.10. The molecule has 4 aromatic rings. The Hall–Kier alpha value is -4.63. The van der Waals surface area contributed by atoms with Gasteiger partial charge >= 0.3 is 0 Å². The SMILES string of the molecule is O=C(/C=C/c1cn(C(=O)c2ccccc2[N+](=O)[O-])c2ccc(N3CCOCC3)cc12)c1cccnc1. The Labute approximate surface area is 206 Å². The van der Waals surface area contributed by atoms with Gasteiger partial charge in [0.2, 0.25) is 0 Å². The molecule has 3 heterocycles. The lowest BCUT2D eigenvalue weighted by atomic mass is 10.1. The van der Waals surface area contributed by atoms with Crippen molar-refractivity contribution in [3.63, 3.8) is 0 Å². The van der Waals surface area contributed by atoms with E-state index in [1.807, 2.05) is 18.2 Å². The van der Waals surface area contributed by atoms with E-state index < -0.39 is 10.8 Å². The van der Waals surface area contributed by atoms with E-state index in [-0.39, 0.29) is 17.0 Å². The van der Waals surface area contributed by atoms with Crippen molar-refractivity contribution in [2.75, 3.05) is 31.2 Å². The first-order chi connectivity index (χ1) is 17.5. The summed E-state index contributed by atoms with van der Waals surface area (Å²) in [5.74, 6) is -0.747. The molecule has 0 saturated carbocycles. The Balaban J connectivity index is 1.60. The molecule has 36 heavy (non-hydrogen) atoms. The lowest BCUT2D eigenvalue weighted by Gasteiger charge is -2.29. The molecule has 0 unspecified atom stereocenters. The number of para-hydroxylation sites is 1. The molecule has 0 spiro atoms. The van der Waals surface area contributed by atoms with Crippen LogP contribution in [0.3, 0.4) is 0 Å². The van der Waals surface area contributed by atoms with E-state index in [1.165, 1.54) is 35.0 Å². The van der Waals surface area contributed by atoms with Gasteiger partial charge in [0.1, 0.15) is 5.56 Å². The van der Waals surface area contributed by atoms with Crippen molar-refractivity contribution in [3.05, 3.63) is 106 Å². The van der Waals surface area contributed by atoms with Crippen LogP contribution in [0.5, 0.6) is 0 Å². The molecule has 9 heteroatoms. The number of pyridine rings is 1. The third kappa shape index (κ3) is 4.51. The first-order valence-electron chi connectivity index (χ1n) is 11.4. The Morgan fingerprint density at radius 1 is 1.06 bits per heavy atom. The molecule has 0 aliphatic carbocycles. The van der Waals surface area contributed by atoms with Gasteiger partial charge in [0.05, 0.1) is 23.7 Å². The monoisotopic (exact) mass is 482 g/mol. The van der Waals surface area contributed by atoms with Crippen LogP contribution in [0, 0.1) is 10.1 Å². The first-order valence-corrected chi connectivity index (χ1v) is 11.4. The number of aromatic nitrogens is 2. The van der Waals surface area contributed by atoms with Gasteiger partial charge in [-0.2, -0.15) is 0 Å². The molecule has 9 nitrogen and oxygen atoms in total. The fourth-order valence-corrected chi connectivity index (χ4v) is 4.28. The second kappa shape index (κ2) is 9.93. The lowest BCUT2D eigenvalue weighted by molar-refractivity contribution is -0.385. The number of fused-ring (bicyclic) bond motifs is 1. The zero-order valence-corrected chi connectivity index (χ0v) is 19.2. The van der Waals surface area contributed by atoms with Crippen LogP contribution in [0.2, 0.25) is 0 Å². The van der Waals surface area contributed by atoms with Gasteiger partial charge in [0.15, 0.2) is 5.78 Å². The number of carbonyl (C=O) groups excluding carboxylic acids is 2. The van der Waals surface area contributed by atoms with Crippen LogP contribution in [-0.4, -0.2) is 52.5 Å². The average molecular weight is 482 g/mol. The van der Waals surface area contributed by atoms with Crippen molar-refractivity contribution in [1.82, 2.24) is 9.55 Å². The van der Waals surface area contributed by atoms with E-state index in [0.29, 0.717) is 29.9 Å². The van der Waals surface area contributed by atoms with Gasteiger partial charge in [0.25, 0.3) is 11.6 Å². The van der Waals surface area contributed by atoms with Gasteiger partial charge < -0.3 is 9.64 Å². The zero-order chi connectivity index (χ0) is 25.1. The van der Waals surface area contributed by atoms with Gasteiger partial charge in [0, 0.05) is 59.9 Å². The quantitative estimate of drug-likeness (QED) is 0.174. The van der Waals surface area contributed by atoms with Crippen LogP contribution >= 0.6 is 0 Å². The third-order valence-corrected chi connectivity index (χ3v) is 6.11. The summed E-state index contributed by atoms with van der Waals surface area (Å²) < 4.78 is 6.85. The second-order valence-electron chi connectivity index (χ2n) is 8.27. The molecule has 0 radical (unpaired) electrons. The number of nitro benzene ring substituents is 1. The molecule has 1 fully saturated rings. The summed E-state index contributed by atoms with van der Waals surface area (Å²) in [5.41, 5.74) is 2.36. The van der Waals surface area contributed by atoms with E-state index in [1.54, 1.807) is 36.7 Å². The molecule has 0 amide bonds. The Morgan fingerprint density at radius 2 is 1.86 bits per heavy atom. The van der Waals surface area contributed by atoms with Gasteiger partial charge in [-0.25, -0.2) is 0 Å². The fraction of sp³-hybridized carbons (Fsp3) is 0.148. The summed E-state index contributed by atoms with van der Waals surface area (Å²) >= 11 is 0. The molecule has 180 valence electrons. The molecular formula is C27H22N4O5. The molecule has 0 atom stereocenters. The molecule has 2 aromatic heterocycles. The van der Waals surface area contributed by atoms with E-state index in [9.17, 15) is 19.7 Å².